The van der Waals surface area contributed by atoms with Crippen molar-refractivity contribution in [3.63, 3.8) is 0 Å². The summed E-state index contributed by atoms with van der Waals surface area (Å²) in [6, 6.07) is 0.00570. The van der Waals surface area contributed by atoms with E-state index >= 15 is 0 Å². The number of ketones is 1. The maximum Gasteiger partial charge on any atom is 0.315 e. The Kier molecular flexibility index (Phi) is 2.62. The van der Waals surface area contributed by atoms with Gasteiger partial charge in [-0.1, -0.05) is 0 Å². The van der Waals surface area contributed by atoms with Gasteiger partial charge in [-0.3, -0.25) is 9.59 Å². The predicted molar refractivity (Wildman–Crippen MR) is 58.6 cm³/mol. The van der Waals surface area contributed by atoms with Crippen molar-refractivity contribution in [1.29, 1.82) is 0 Å². The summed E-state index contributed by atoms with van der Waals surface area (Å²) < 4.78 is 5.65. The van der Waals surface area contributed by atoms with Gasteiger partial charge in [-0.05, 0) is 19.1 Å². The molecule has 3 unspecified atom stereocenters. The molecule has 0 spiro atoms. The van der Waals surface area contributed by atoms with E-state index in [2.05, 4.69) is 0 Å². The first-order valence-electron chi connectivity index (χ1n) is 5.70. The summed E-state index contributed by atoms with van der Waals surface area (Å²) in [5, 5.41) is 0. The summed E-state index contributed by atoms with van der Waals surface area (Å²) in [5.74, 6) is -0.198. The molecule has 1 fully saturated rings. The first-order valence-corrected chi connectivity index (χ1v) is 5.70. The molecule has 0 aromatic rings. The van der Waals surface area contributed by atoms with Crippen molar-refractivity contribution in [2.75, 3.05) is 20.7 Å². The van der Waals surface area contributed by atoms with E-state index in [9.17, 15) is 9.59 Å². The Labute approximate surface area is 95.5 Å². The van der Waals surface area contributed by atoms with Gasteiger partial charge in [0.25, 0.3) is 0 Å². The molecule has 4 heteroatoms. The van der Waals surface area contributed by atoms with Gasteiger partial charge in [0.05, 0.1) is 20.7 Å². The second kappa shape index (κ2) is 3.70. The molecule has 2 rings (SSSR count). The maximum absolute atomic E-state index is 11.8. The zero-order valence-electron chi connectivity index (χ0n) is 9.97. The third-order valence-electron chi connectivity index (χ3n) is 3.84. The number of carbonyl (C=O) groups excluding carboxylic acids is 2. The van der Waals surface area contributed by atoms with Crippen LogP contribution in [-0.4, -0.2) is 49.0 Å². The maximum atomic E-state index is 11.8. The van der Waals surface area contributed by atoms with Crippen LogP contribution < -0.4 is 0 Å². The fourth-order valence-corrected chi connectivity index (χ4v) is 2.91. The molecule has 88 valence electrons. The van der Waals surface area contributed by atoms with Gasteiger partial charge in [-0.15, -0.1) is 0 Å². The van der Waals surface area contributed by atoms with Gasteiger partial charge in [-0.2, -0.15) is 0 Å². The van der Waals surface area contributed by atoms with E-state index in [4.69, 9.17) is 4.74 Å². The van der Waals surface area contributed by atoms with Gasteiger partial charge >= 0.3 is 5.97 Å². The smallest absolute Gasteiger partial charge is 0.315 e. The van der Waals surface area contributed by atoms with E-state index in [-0.39, 0.29) is 29.8 Å². The average molecular weight is 224 g/mol. The predicted octanol–water partition coefficient (Wildman–Crippen LogP) is 0.522. The van der Waals surface area contributed by atoms with Crippen molar-refractivity contribution in [3.05, 3.63) is 12.2 Å². The first-order chi connectivity index (χ1) is 7.48. The molecule has 1 saturated heterocycles. The van der Waals surface area contributed by atoms with E-state index in [1.807, 2.05) is 20.2 Å². The minimum Gasteiger partial charge on any atom is -0.466 e. The minimum absolute atomic E-state index is 0.0793. The molecule has 0 amide bonds. The van der Waals surface area contributed by atoms with Gasteiger partial charge < -0.3 is 9.22 Å². The fourth-order valence-electron chi connectivity index (χ4n) is 2.91. The van der Waals surface area contributed by atoms with Crippen LogP contribution in [0.3, 0.4) is 0 Å². The molecular weight excluding hydrogens is 206 g/mol. The molecule has 3 atom stereocenters. The molecule has 16 heavy (non-hydrogen) atoms. The lowest BCUT2D eigenvalue weighted by molar-refractivity contribution is -0.912. The normalized spacial score (nSPS) is 35.2. The summed E-state index contributed by atoms with van der Waals surface area (Å²) in [5.41, 5.74) is 0. The van der Waals surface area contributed by atoms with Crippen LogP contribution in [0.5, 0.6) is 0 Å². The van der Waals surface area contributed by atoms with Crippen molar-refractivity contribution >= 4 is 11.8 Å². The number of hydrogen-bond acceptors (Lipinski definition) is 3. The number of nitrogens with zero attached hydrogens (tertiary/aromatic N) is 1. The largest absolute Gasteiger partial charge is 0.466 e. The summed E-state index contributed by atoms with van der Waals surface area (Å²) in [6.07, 6.45) is 4.10. The number of carbonyl (C=O) groups is 2. The van der Waals surface area contributed by atoms with Crippen molar-refractivity contribution in [2.45, 2.75) is 25.4 Å². The molecule has 0 saturated carbocycles. The Morgan fingerprint density at radius 3 is 2.81 bits per heavy atom. The highest BCUT2D eigenvalue weighted by Crippen LogP contribution is 2.39. The Morgan fingerprint density at radius 1 is 1.56 bits per heavy atom. The topological polar surface area (TPSA) is 43.4 Å². The van der Waals surface area contributed by atoms with Crippen LogP contribution in [0.25, 0.3) is 0 Å². The molecule has 2 aliphatic heterocycles. The minimum atomic E-state index is -0.166. The number of ether oxygens (including phenoxy) is 1. The number of likely N-dealkylation sites (N-methyl/N-ethyl adjacent to an activating group) is 1. The number of fused-ring (bicyclic) bond motifs is 2. The zero-order valence-corrected chi connectivity index (χ0v) is 9.97. The standard InChI is InChI=1S/C12H18NO3/c1-4-16-12(15)8-7-10-11(14)6-5-9(8)13(10,2)3/h5-6,8-10H,4,7H2,1-3H3/q+1. The van der Waals surface area contributed by atoms with Crippen LogP contribution in [-0.2, 0) is 14.3 Å². The van der Waals surface area contributed by atoms with E-state index in [1.165, 1.54) is 0 Å². The Morgan fingerprint density at radius 2 is 2.25 bits per heavy atom. The molecule has 2 heterocycles. The first kappa shape index (κ1) is 11.3. The molecule has 0 aromatic carbocycles. The van der Waals surface area contributed by atoms with Gasteiger partial charge in [0.15, 0.2) is 6.04 Å². The van der Waals surface area contributed by atoms with Gasteiger partial charge in [-0.25, -0.2) is 0 Å². The van der Waals surface area contributed by atoms with Crippen molar-refractivity contribution in [2.24, 2.45) is 5.92 Å². The molecule has 4 nitrogen and oxygen atoms in total. The Bertz CT molecular complexity index is 359. The summed E-state index contributed by atoms with van der Waals surface area (Å²) in [4.78, 5) is 23.5. The van der Waals surface area contributed by atoms with E-state index < -0.39 is 0 Å². The second-order valence-corrected chi connectivity index (χ2v) is 4.99. The number of hydrogen-bond donors (Lipinski definition) is 0. The SMILES string of the molecule is CCOC(=O)C1CC2C(=O)C=CC1[N+]2(C)C. The second-order valence-electron chi connectivity index (χ2n) is 4.99. The van der Waals surface area contributed by atoms with E-state index in [1.54, 1.807) is 13.0 Å². The number of rotatable bonds is 2. The summed E-state index contributed by atoms with van der Waals surface area (Å²) >= 11 is 0. The summed E-state index contributed by atoms with van der Waals surface area (Å²) in [6.45, 7) is 2.21. The molecule has 2 bridgehead atoms. The molecular formula is C12H18NO3+. The van der Waals surface area contributed by atoms with E-state index in [0.717, 1.165) is 0 Å². The number of quaternary nitrogens is 1. The van der Waals surface area contributed by atoms with Crippen LogP contribution in [0.4, 0.5) is 0 Å². The van der Waals surface area contributed by atoms with Crippen LogP contribution >= 0.6 is 0 Å². The molecule has 0 aromatic heterocycles. The highest BCUT2D eigenvalue weighted by molar-refractivity contribution is 5.95. The average Bonchev–Trinajstić information content (AvgIpc) is 2.36. The molecule has 2 aliphatic rings. The molecule has 0 N–H and O–H groups in total. The lowest BCUT2D eigenvalue weighted by Crippen LogP contribution is -2.55. The Hall–Kier alpha value is -1.16. The van der Waals surface area contributed by atoms with E-state index in [0.29, 0.717) is 17.5 Å². The van der Waals surface area contributed by atoms with Gasteiger partial charge in [0, 0.05) is 6.42 Å². The molecule has 0 aliphatic carbocycles. The van der Waals surface area contributed by atoms with Gasteiger partial charge in [0.2, 0.25) is 5.78 Å². The monoisotopic (exact) mass is 224 g/mol. The van der Waals surface area contributed by atoms with Gasteiger partial charge in [0.1, 0.15) is 12.0 Å². The lowest BCUT2D eigenvalue weighted by atomic mass is 10.0. The van der Waals surface area contributed by atoms with Crippen LogP contribution in [0, 0.1) is 5.92 Å². The van der Waals surface area contributed by atoms with Crippen LogP contribution in [0.2, 0.25) is 0 Å². The van der Waals surface area contributed by atoms with Crippen molar-refractivity contribution in [1.82, 2.24) is 0 Å². The Balaban J connectivity index is 2.26. The van der Waals surface area contributed by atoms with Crippen molar-refractivity contribution < 1.29 is 18.8 Å². The highest BCUT2D eigenvalue weighted by Gasteiger charge is 2.56. The zero-order chi connectivity index (χ0) is 11.9. The lowest BCUT2D eigenvalue weighted by Gasteiger charge is -2.37. The third-order valence-corrected chi connectivity index (χ3v) is 3.84. The summed E-state index contributed by atoms with van der Waals surface area (Å²) in [7, 11) is 4.02. The highest BCUT2D eigenvalue weighted by atomic mass is 16.5. The fraction of sp³-hybridized carbons (Fsp3) is 0.667. The van der Waals surface area contributed by atoms with Crippen LogP contribution in [0.15, 0.2) is 12.2 Å². The molecule has 0 radical (unpaired) electrons. The third kappa shape index (κ3) is 1.48. The van der Waals surface area contributed by atoms with Crippen molar-refractivity contribution in [3.8, 4) is 0 Å². The van der Waals surface area contributed by atoms with Crippen LogP contribution in [0.1, 0.15) is 13.3 Å². The quantitative estimate of drug-likeness (QED) is 0.507. The number of esters is 1.